The van der Waals surface area contributed by atoms with Gasteiger partial charge in [-0.2, -0.15) is 0 Å². The highest BCUT2D eigenvalue weighted by Gasteiger charge is 2.18. The average Bonchev–Trinajstić information content (AvgIpc) is 2.66. The van der Waals surface area contributed by atoms with E-state index in [2.05, 4.69) is 22.4 Å². The molecule has 0 spiro atoms. The number of nitrogens with zero attached hydrogens (tertiary/aromatic N) is 5. The van der Waals surface area contributed by atoms with Crippen molar-refractivity contribution in [2.75, 3.05) is 13.1 Å². The molecule has 1 saturated heterocycles. The molecule has 16 heavy (non-hydrogen) atoms. The van der Waals surface area contributed by atoms with Crippen LogP contribution in [0.3, 0.4) is 0 Å². The van der Waals surface area contributed by atoms with Crippen LogP contribution in [0.25, 0.3) is 0 Å². The Balaban J connectivity index is 1.89. The van der Waals surface area contributed by atoms with Crippen LogP contribution < -0.4 is 0 Å². The fourth-order valence-corrected chi connectivity index (χ4v) is 2.00. The molecule has 1 aliphatic rings. The van der Waals surface area contributed by atoms with Crippen LogP contribution in [0.4, 0.5) is 0 Å². The first-order valence-electron chi connectivity index (χ1n) is 5.74. The highest BCUT2D eigenvalue weighted by atomic mass is 16.2. The van der Waals surface area contributed by atoms with Gasteiger partial charge in [-0.15, -0.1) is 5.10 Å². The van der Waals surface area contributed by atoms with Crippen LogP contribution in [0, 0.1) is 5.92 Å². The molecule has 1 unspecified atom stereocenters. The van der Waals surface area contributed by atoms with E-state index in [-0.39, 0.29) is 12.5 Å². The smallest absolute Gasteiger partial charge is 0.244 e. The van der Waals surface area contributed by atoms with Crippen molar-refractivity contribution in [3.8, 4) is 0 Å². The third kappa shape index (κ3) is 2.77. The zero-order chi connectivity index (χ0) is 11.4. The first-order valence-corrected chi connectivity index (χ1v) is 5.74. The second-order valence-electron chi connectivity index (χ2n) is 4.42. The summed E-state index contributed by atoms with van der Waals surface area (Å²) in [6, 6.07) is 0. The minimum Gasteiger partial charge on any atom is -0.341 e. The summed E-state index contributed by atoms with van der Waals surface area (Å²) < 4.78 is 1.47. The zero-order valence-corrected chi connectivity index (χ0v) is 9.54. The summed E-state index contributed by atoms with van der Waals surface area (Å²) in [5, 5.41) is 10.7. The number of carbonyl (C=O) groups excluding carboxylic acids is 1. The van der Waals surface area contributed by atoms with Gasteiger partial charge in [-0.25, -0.2) is 4.68 Å². The molecular weight excluding hydrogens is 206 g/mol. The molecule has 1 aromatic heterocycles. The van der Waals surface area contributed by atoms with E-state index in [1.165, 1.54) is 17.4 Å². The largest absolute Gasteiger partial charge is 0.341 e. The zero-order valence-electron chi connectivity index (χ0n) is 9.54. The molecule has 2 heterocycles. The molecule has 0 aromatic carbocycles. The summed E-state index contributed by atoms with van der Waals surface area (Å²) in [6.45, 7) is 4.23. The van der Waals surface area contributed by atoms with Gasteiger partial charge in [-0.1, -0.05) is 6.92 Å². The van der Waals surface area contributed by atoms with Crippen molar-refractivity contribution in [2.45, 2.75) is 32.7 Å². The van der Waals surface area contributed by atoms with Gasteiger partial charge >= 0.3 is 0 Å². The summed E-state index contributed by atoms with van der Waals surface area (Å²) >= 11 is 0. The van der Waals surface area contributed by atoms with Gasteiger partial charge in [-0.3, -0.25) is 4.79 Å². The number of hydrogen-bond acceptors (Lipinski definition) is 4. The van der Waals surface area contributed by atoms with E-state index in [1.807, 2.05) is 4.90 Å². The number of rotatable bonds is 2. The molecule has 1 fully saturated rings. The Morgan fingerprint density at radius 3 is 3.06 bits per heavy atom. The molecule has 2 rings (SSSR count). The number of likely N-dealkylation sites (tertiary alicyclic amines) is 1. The Bertz CT molecular complexity index is 337. The third-order valence-electron chi connectivity index (χ3n) is 3.06. The second kappa shape index (κ2) is 5.05. The molecular formula is C10H17N5O. The summed E-state index contributed by atoms with van der Waals surface area (Å²) in [7, 11) is 0. The van der Waals surface area contributed by atoms with Gasteiger partial charge in [0, 0.05) is 13.1 Å². The summed E-state index contributed by atoms with van der Waals surface area (Å²) in [6.07, 6.45) is 4.89. The van der Waals surface area contributed by atoms with Gasteiger partial charge in [-0.05, 0) is 35.6 Å². The molecule has 1 aromatic rings. The van der Waals surface area contributed by atoms with Crippen molar-refractivity contribution in [1.29, 1.82) is 0 Å². The normalized spacial score (nSPS) is 21.8. The quantitative estimate of drug-likeness (QED) is 0.724. The topological polar surface area (TPSA) is 63.9 Å². The second-order valence-corrected chi connectivity index (χ2v) is 4.42. The van der Waals surface area contributed by atoms with Gasteiger partial charge in [0.05, 0.1) is 0 Å². The first-order chi connectivity index (χ1) is 7.75. The lowest BCUT2D eigenvalue weighted by Gasteiger charge is -2.19. The Labute approximate surface area is 94.6 Å². The average molecular weight is 223 g/mol. The number of carbonyl (C=O) groups is 1. The van der Waals surface area contributed by atoms with Crippen LogP contribution in [0.1, 0.15) is 26.2 Å². The molecule has 1 atom stereocenters. The predicted octanol–water partition coefficient (Wildman–Crippen LogP) is 0.322. The van der Waals surface area contributed by atoms with Gasteiger partial charge in [0.2, 0.25) is 5.91 Å². The van der Waals surface area contributed by atoms with Crippen LogP contribution in [0.2, 0.25) is 0 Å². The number of tetrazole rings is 1. The monoisotopic (exact) mass is 223 g/mol. The van der Waals surface area contributed by atoms with Crippen LogP contribution in [0.5, 0.6) is 0 Å². The Morgan fingerprint density at radius 1 is 1.44 bits per heavy atom. The molecule has 0 N–H and O–H groups in total. The van der Waals surface area contributed by atoms with E-state index in [1.54, 1.807) is 0 Å². The van der Waals surface area contributed by atoms with Crippen LogP contribution >= 0.6 is 0 Å². The SMILES string of the molecule is CC1CCCN(C(=O)Cn2cnnn2)CC1. The van der Waals surface area contributed by atoms with Crippen molar-refractivity contribution in [3.05, 3.63) is 6.33 Å². The van der Waals surface area contributed by atoms with E-state index in [0.717, 1.165) is 31.8 Å². The van der Waals surface area contributed by atoms with Crippen LogP contribution in [-0.2, 0) is 11.3 Å². The fraction of sp³-hybridized carbons (Fsp3) is 0.800. The molecule has 0 bridgehead atoms. The van der Waals surface area contributed by atoms with E-state index in [4.69, 9.17) is 0 Å². The summed E-state index contributed by atoms with van der Waals surface area (Å²) in [5.41, 5.74) is 0. The van der Waals surface area contributed by atoms with Gasteiger partial charge in [0.1, 0.15) is 12.9 Å². The number of amides is 1. The van der Waals surface area contributed by atoms with E-state index in [9.17, 15) is 4.79 Å². The Hall–Kier alpha value is -1.46. The van der Waals surface area contributed by atoms with Gasteiger partial charge in [0.25, 0.3) is 0 Å². The van der Waals surface area contributed by atoms with Crippen LogP contribution in [0.15, 0.2) is 6.33 Å². The Morgan fingerprint density at radius 2 is 2.31 bits per heavy atom. The van der Waals surface area contributed by atoms with Gasteiger partial charge in [0.15, 0.2) is 0 Å². The molecule has 0 radical (unpaired) electrons. The molecule has 1 aliphatic heterocycles. The molecule has 6 heteroatoms. The molecule has 1 amide bonds. The maximum atomic E-state index is 11.9. The van der Waals surface area contributed by atoms with E-state index >= 15 is 0 Å². The first kappa shape index (κ1) is 11.0. The minimum absolute atomic E-state index is 0.112. The predicted molar refractivity (Wildman–Crippen MR) is 57.4 cm³/mol. The molecule has 6 nitrogen and oxygen atoms in total. The lowest BCUT2D eigenvalue weighted by atomic mass is 10.0. The fourth-order valence-electron chi connectivity index (χ4n) is 2.00. The van der Waals surface area contributed by atoms with E-state index in [0.29, 0.717) is 0 Å². The van der Waals surface area contributed by atoms with Crippen molar-refractivity contribution in [3.63, 3.8) is 0 Å². The minimum atomic E-state index is 0.112. The third-order valence-corrected chi connectivity index (χ3v) is 3.06. The summed E-state index contributed by atoms with van der Waals surface area (Å²) in [4.78, 5) is 13.9. The highest BCUT2D eigenvalue weighted by molar-refractivity contribution is 5.75. The molecule has 0 aliphatic carbocycles. The number of aromatic nitrogens is 4. The Kier molecular flexibility index (Phi) is 3.48. The maximum absolute atomic E-state index is 11.9. The molecule has 0 saturated carbocycles. The maximum Gasteiger partial charge on any atom is 0.244 e. The van der Waals surface area contributed by atoms with Crippen molar-refractivity contribution in [1.82, 2.24) is 25.1 Å². The standard InChI is InChI=1S/C10H17N5O/c1-9-3-2-5-14(6-4-9)10(16)7-15-8-11-12-13-15/h8-9H,2-7H2,1H3. The van der Waals surface area contributed by atoms with Crippen molar-refractivity contribution >= 4 is 5.91 Å². The van der Waals surface area contributed by atoms with E-state index < -0.39 is 0 Å². The van der Waals surface area contributed by atoms with Gasteiger partial charge < -0.3 is 4.90 Å². The van der Waals surface area contributed by atoms with Crippen molar-refractivity contribution < 1.29 is 4.79 Å². The lowest BCUT2D eigenvalue weighted by Crippen LogP contribution is -2.34. The molecule has 88 valence electrons. The number of hydrogen-bond donors (Lipinski definition) is 0. The lowest BCUT2D eigenvalue weighted by molar-refractivity contribution is -0.132. The highest BCUT2D eigenvalue weighted by Crippen LogP contribution is 2.16. The van der Waals surface area contributed by atoms with Crippen molar-refractivity contribution in [2.24, 2.45) is 5.92 Å². The summed E-state index contributed by atoms with van der Waals surface area (Å²) in [5.74, 6) is 0.840. The van der Waals surface area contributed by atoms with Crippen LogP contribution in [-0.4, -0.2) is 44.1 Å².